The zero-order valence-electron chi connectivity index (χ0n) is 17.4. The summed E-state index contributed by atoms with van der Waals surface area (Å²) in [5.74, 6) is 0.000914. The largest absolute Gasteiger partial charge is 0.347 e. The van der Waals surface area contributed by atoms with Gasteiger partial charge in [-0.3, -0.25) is 9.59 Å². The van der Waals surface area contributed by atoms with Crippen molar-refractivity contribution in [2.75, 3.05) is 5.32 Å². The van der Waals surface area contributed by atoms with Crippen LogP contribution >= 0.6 is 0 Å². The Labute approximate surface area is 172 Å². The molecule has 2 N–H and O–H groups in total. The second kappa shape index (κ2) is 8.39. The number of nitrogens with one attached hydrogen (secondary N) is 2. The summed E-state index contributed by atoms with van der Waals surface area (Å²) in [5, 5.41) is 6.14. The van der Waals surface area contributed by atoms with Gasteiger partial charge in [0.25, 0.3) is 11.8 Å². The van der Waals surface area contributed by atoms with Crippen LogP contribution in [0.4, 0.5) is 5.69 Å². The fourth-order valence-electron chi connectivity index (χ4n) is 4.53. The van der Waals surface area contributed by atoms with Crippen LogP contribution in [0.2, 0.25) is 0 Å². The molecule has 1 fully saturated rings. The minimum absolute atomic E-state index is 0.148. The first-order valence-electron chi connectivity index (χ1n) is 10.8. The minimum atomic E-state index is -0.237. The molecule has 0 unspecified atom stereocenters. The molecular weight excluding hydrogens is 364 g/mol. The number of hydrogen-bond donors (Lipinski definition) is 2. The number of nitrogens with zero attached hydrogens (tertiary/aromatic N) is 2. The number of carbonyl (C=O) groups is 2. The Bertz CT molecular complexity index is 925. The highest BCUT2D eigenvalue weighted by molar-refractivity contribution is 6.05. The second-order valence-electron chi connectivity index (χ2n) is 8.42. The zero-order chi connectivity index (χ0) is 20.4. The van der Waals surface area contributed by atoms with Crippen LogP contribution in [0.3, 0.4) is 0 Å². The standard InChI is InChI=1S/C23H30N4O2/c1-15-11-12-18(16(2)14-15)25-22(28)20-19-10-6-7-13-27(19)21(26-20)23(29)24-17-8-4-3-5-9-17/h11-12,14,17H,3-10,13H2,1-2H3,(H,24,29)(H,25,28). The number of aromatic nitrogens is 2. The summed E-state index contributed by atoms with van der Waals surface area (Å²) in [6.07, 6.45) is 8.42. The Morgan fingerprint density at radius 1 is 1.03 bits per heavy atom. The van der Waals surface area contributed by atoms with Gasteiger partial charge in [0.2, 0.25) is 0 Å². The average Bonchev–Trinajstić information content (AvgIpc) is 3.11. The number of amides is 2. The van der Waals surface area contributed by atoms with E-state index in [1.807, 2.05) is 36.6 Å². The number of aryl methyl sites for hydroxylation is 2. The molecule has 0 atom stereocenters. The van der Waals surface area contributed by atoms with E-state index >= 15 is 0 Å². The fourth-order valence-corrected chi connectivity index (χ4v) is 4.53. The summed E-state index contributed by atoms with van der Waals surface area (Å²) in [6, 6.07) is 6.16. The molecule has 1 saturated carbocycles. The lowest BCUT2D eigenvalue weighted by molar-refractivity contribution is 0.0911. The quantitative estimate of drug-likeness (QED) is 0.818. The molecule has 4 rings (SSSR count). The number of rotatable bonds is 4. The summed E-state index contributed by atoms with van der Waals surface area (Å²) in [5.41, 5.74) is 4.22. The highest BCUT2D eigenvalue weighted by Crippen LogP contribution is 2.24. The molecular formula is C23H30N4O2. The first kappa shape index (κ1) is 19.7. The van der Waals surface area contributed by atoms with E-state index < -0.39 is 0 Å². The molecule has 154 valence electrons. The Balaban J connectivity index is 1.58. The van der Waals surface area contributed by atoms with E-state index in [0.29, 0.717) is 11.5 Å². The lowest BCUT2D eigenvalue weighted by Gasteiger charge is -2.23. The van der Waals surface area contributed by atoms with Crippen LogP contribution < -0.4 is 10.6 Å². The van der Waals surface area contributed by atoms with Crippen LogP contribution in [0.15, 0.2) is 18.2 Å². The summed E-state index contributed by atoms with van der Waals surface area (Å²) < 4.78 is 1.96. The zero-order valence-corrected chi connectivity index (χ0v) is 17.4. The van der Waals surface area contributed by atoms with Crippen LogP contribution in [0.25, 0.3) is 0 Å². The highest BCUT2D eigenvalue weighted by atomic mass is 16.2. The highest BCUT2D eigenvalue weighted by Gasteiger charge is 2.29. The topological polar surface area (TPSA) is 76.0 Å². The average molecular weight is 395 g/mol. The molecule has 1 aromatic heterocycles. The van der Waals surface area contributed by atoms with Crippen molar-refractivity contribution in [3.8, 4) is 0 Å². The molecule has 6 heteroatoms. The van der Waals surface area contributed by atoms with Crippen LogP contribution in [-0.4, -0.2) is 27.4 Å². The third kappa shape index (κ3) is 4.21. The van der Waals surface area contributed by atoms with Gasteiger partial charge < -0.3 is 15.2 Å². The number of anilines is 1. The summed E-state index contributed by atoms with van der Waals surface area (Å²) >= 11 is 0. The molecule has 2 amide bonds. The van der Waals surface area contributed by atoms with E-state index in [9.17, 15) is 9.59 Å². The summed E-state index contributed by atoms with van der Waals surface area (Å²) in [4.78, 5) is 30.5. The van der Waals surface area contributed by atoms with Gasteiger partial charge in [-0.05, 0) is 57.6 Å². The predicted molar refractivity (Wildman–Crippen MR) is 113 cm³/mol. The Hall–Kier alpha value is -2.63. The van der Waals surface area contributed by atoms with Gasteiger partial charge in [-0.1, -0.05) is 37.0 Å². The predicted octanol–water partition coefficient (Wildman–Crippen LogP) is 4.15. The maximum atomic E-state index is 13.0. The van der Waals surface area contributed by atoms with Crippen molar-refractivity contribution in [2.45, 2.75) is 77.8 Å². The Morgan fingerprint density at radius 3 is 2.59 bits per heavy atom. The monoisotopic (exact) mass is 394 g/mol. The van der Waals surface area contributed by atoms with Gasteiger partial charge in [0.15, 0.2) is 11.5 Å². The van der Waals surface area contributed by atoms with Crippen LogP contribution in [0.1, 0.15) is 82.9 Å². The van der Waals surface area contributed by atoms with E-state index in [1.165, 1.54) is 6.42 Å². The molecule has 2 aliphatic rings. The van der Waals surface area contributed by atoms with Crippen LogP contribution in [-0.2, 0) is 13.0 Å². The van der Waals surface area contributed by atoms with Crippen LogP contribution in [0, 0.1) is 13.8 Å². The summed E-state index contributed by atoms with van der Waals surface area (Å²) in [7, 11) is 0. The lowest BCUT2D eigenvalue weighted by Crippen LogP contribution is -2.37. The van der Waals surface area contributed by atoms with Gasteiger partial charge >= 0.3 is 0 Å². The first-order chi connectivity index (χ1) is 14.0. The Morgan fingerprint density at radius 2 is 1.83 bits per heavy atom. The van der Waals surface area contributed by atoms with Crippen molar-refractivity contribution < 1.29 is 9.59 Å². The number of fused-ring (bicyclic) bond motifs is 1. The third-order valence-corrected chi connectivity index (χ3v) is 6.11. The number of imidazole rings is 1. The second-order valence-corrected chi connectivity index (χ2v) is 8.42. The normalized spacial score (nSPS) is 16.9. The first-order valence-corrected chi connectivity index (χ1v) is 10.8. The molecule has 0 saturated heterocycles. The van der Waals surface area contributed by atoms with Crippen LogP contribution in [0.5, 0.6) is 0 Å². The lowest BCUT2D eigenvalue weighted by atomic mass is 9.95. The van der Waals surface area contributed by atoms with Gasteiger partial charge in [0, 0.05) is 18.3 Å². The van der Waals surface area contributed by atoms with Crippen molar-refractivity contribution in [1.29, 1.82) is 0 Å². The summed E-state index contributed by atoms with van der Waals surface area (Å²) in [6.45, 7) is 4.75. The number of carbonyl (C=O) groups excluding carboxylic acids is 2. The molecule has 29 heavy (non-hydrogen) atoms. The maximum Gasteiger partial charge on any atom is 0.287 e. The maximum absolute atomic E-state index is 13.0. The molecule has 0 radical (unpaired) electrons. The van der Waals surface area contributed by atoms with Crippen molar-refractivity contribution in [2.24, 2.45) is 0 Å². The van der Waals surface area contributed by atoms with Gasteiger partial charge in [0.1, 0.15) is 0 Å². The number of hydrogen-bond acceptors (Lipinski definition) is 3. The van der Waals surface area contributed by atoms with E-state index in [2.05, 4.69) is 15.6 Å². The van der Waals surface area contributed by atoms with Gasteiger partial charge in [-0.2, -0.15) is 0 Å². The van der Waals surface area contributed by atoms with Crippen molar-refractivity contribution >= 4 is 17.5 Å². The van der Waals surface area contributed by atoms with E-state index in [0.717, 1.165) is 74.0 Å². The molecule has 2 heterocycles. The van der Waals surface area contributed by atoms with Gasteiger partial charge in [0.05, 0.1) is 5.69 Å². The smallest absolute Gasteiger partial charge is 0.287 e. The van der Waals surface area contributed by atoms with Gasteiger partial charge in [-0.15, -0.1) is 0 Å². The van der Waals surface area contributed by atoms with E-state index in [4.69, 9.17) is 0 Å². The van der Waals surface area contributed by atoms with Crippen molar-refractivity contribution in [3.05, 3.63) is 46.5 Å². The fraction of sp³-hybridized carbons (Fsp3) is 0.522. The molecule has 0 bridgehead atoms. The van der Waals surface area contributed by atoms with Crippen molar-refractivity contribution in [1.82, 2.24) is 14.9 Å². The van der Waals surface area contributed by atoms with E-state index in [-0.39, 0.29) is 17.9 Å². The number of benzene rings is 1. The molecule has 0 spiro atoms. The SMILES string of the molecule is Cc1ccc(NC(=O)c2nc(C(=O)NC3CCCCC3)n3c2CCCC3)c(C)c1. The van der Waals surface area contributed by atoms with Gasteiger partial charge in [-0.25, -0.2) is 4.98 Å². The minimum Gasteiger partial charge on any atom is -0.347 e. The van der Waals surface area contributed by atoms with E-state index in [1.54, 1.807) is 0 Å². The molecule has 2 aromatic rings. The molecule has 1 aromatic carbocycles. The Kier molecular flexibility index (Phi) is 5.69. The molecule has 6 nitrogen and oxygen atoms in total. The molecule has 1 aliphatic carbocycles. The molecule has 1 aliphatic heterocycles. The third-order valence-electron chi connectivity index (χ3n) is 6.11. The van der Waals surface area contributed by atoms with Crippen molar-refractivity contribution in [3.63, 3.8) is 0 Å².